The average molecular weight is 618 g/mol. The van der Waals surface area contributed by atoms with E-state index < -0.39 is 33.4 Å². The summed E-state index contributed by atoms with van der Waals surface area (Å²) in [5.74, 6) is -1.03. The molecule has 3 aromatic rings. The molecule has 0 heterocycles. The molecule has 0 aliphatic rings. The molecule has 1 N–H and O–H groups in total. The number of nitrogens with zero attached hydrogens (tertiary/aromatic N) is 3. The third kappa shape index (κ3) is 7.64. The highest BCUT2D eigenvalue weighted by molar-refractivity contribution is 9.10. The molecule has 39 heavy (non-hydrogen) atoms. The second-order valence-corrected chi connectivity index (χ2v) is 11.5. The number of carbonyl (C=O) groups excluding carboxylic acids is 2. The average Bonchev–Trinajstić information content (AvgIpc) is 2.94. The van der Waals surface area contributed by atoms with Crippen molar-refractivity contribution in [2.24, 2.45) is 0 Å². The molecule has 0 unspecified atom stereocenters. The van der Waals surface area contributed by atoms with Gasteiger partial charge in [0.25, 0.3) is 15.7 Å². The zero-order chi connectivity index (χ0) is 28.6. The third-order valence-corrected chi connectivity index (χ3v) is 8.24. The first-order valence-electron chi connectivity index (χ1n) is 12.2. The van der Waals surface area contributed by atoms with Gasteiger partial charge < -0.3 is 10.2 Å². The molecular weight excluding hydrogens is 588 g/mol. The minimum Gasteiger partial charge on any atom is -0.354 e. The number of sulfonamides is 1. The van der Waals surface area contributed by atoms with E-state index in [0.717, 1.165) is 20.4 Å². The molecule has 0 aromatic heterocycles. The van der Waals surface area contributed by atoms with Gasteiger partial charge in [0.15, 0.2) is 0 Å². The van der Waals surface area contributed by atoms with Crippen molar-refractivity contribution in [3.05, 3.63) is 99.0 Å². The second kappa shape index (κ2) is 13.3. The highest BCUT2D eigenvalue weighted by Crippen LogP contribution is 2.27. The molecule has 0 saturated heterocycles. The number of halogens is 1. The summed E-state index contributed by atoms with van der Waals surface area (Å²) in [6.45, 7) is 3.26. The summed E-state index contributed by atoms with van der Waals surface area (Å²) in [5.41, 5.74) is 0.356. The van der Waals surface area contributed by atoms with E-state index in [9.17, 15) is 28.1 Å². The molecule has 206 valence electrons. The van der Waals surface area contributed by atoms with E-state index in [-0.39, 0.29) is 28.7 Å². The van der Waals surface area contributed by atoms with Crippen LogP contribution in [0.15, 0.2) is 88.2 Å². The van der Waals surface area contributed by atoms with Crippen molar-refractivity contribution in [3.8, 4) is 0 Å². The van der Waals surface area contributed by atoms with Crippen LogP contribution in [0.3, 0.4) is 0 Å². The summed E-state index contributed by atoms with van der Waals surface area (Å²) in [7, 11) is -4.31. The van der Waals surface area contributed by atoms with Crippen molar-refractivity contribution in [1.82, 2.24) is 10.2 Å². The van der Waals surface area contributed by atoms with Gasteiger partial charge >= 0.3 is 0 Å². The maximum absolute atomic E-state index is 13.8. The first-order chi connectivity index (χ1) is 18.5. The van der Waals surface area contributed by atoms with E-state index in [1.807, 2.05) is 6.92 Å². The van der Waals surface area contributed by atoms with Crippen LogP contribution in [0, 0.1) is 10.1 Å². The van der Waals surface area contributed by atoms with Crippen LogP contribution in [0.1, 0.15) is 25.8 Å². The zero-order valence-electron chi connectivity index (χ0n) is 21.5. The molecule has 10 nitrogen and oxygen atoms in total. The topological polar surface area (TPSA) is 130 Å². The van der Waals surface area contributed by atoms with Gasteiger partial charge in [0, 0.05) is 29.7 Å². The SMILES string of the molecule is CCCNC(=O)[C@H](C)N(Cc1ccc(Br)cc1)C(=O)CN(c1cccc([N+](=O)[O-])c1)S(=O)(=O)c1ccccc1. The summed E-state index contributed by atoms with van der Waals surface area (Å²) < 4.78 is 29.1. The van der Waals surface area contributed by atoms with Crippen molar-refractivity contribution in [2.45, 2.75) is 37.8 Å². The maximum Gasteiger partial charge on any atom is 0.271 e. The Hall–Kier alpha value is -3.77. The fraction of sp³-hybridized carbons (Fsp3) is 0.259. The Labute approximate surface area is 236 Å². The van der Waals surface area contributed by atoms with E-state index in [2.05, 4.69) is 21.2 Å². The van der Waals surface area contributed by atoms with Crippen molar-refractivity contribution in [3.63, 3.8) is 0 Å². The lowest BCUT2D eigenvalue weighted by Crippen LogP contribution is -2.51. The van der Waals surface area contributed by atoms with Gasteiger partial charge in [0.2, 0.25) is 11.8 Å². The Morgan fingerprint density at radius 1 is 1.03 bits per heavy atom. The second-order valence-electron chi connectivity index (χ2n) is 8.72. The van der Waals surface area contributed by atoms with Crippen LogP contribution in [0.5, 0.6) is 0 Å². The lowest BCUT2D eigenvalue weighted by molar-refractivity contribution is -0.384. The summed E-state index contributed by atoms with van der Waals surface area (Å²) in [6.07, 6.45) is 0.703. The summed E-state index contributed by atoms with van der Waals surface area (Å²) >= 11 is 3.37. The molecule has 3 rings (SSSR count). The van der Waals surface area contributed by atoms with Crippen LogP contribution in [0.2, 0.25) is 0 Å². The molecule has 3 aromatic carbocycles. The molecule has 1 atom stereocenters. The smallest absolute Gasteiger partial charge is 0.271 e. The highest BCUT2D eigenvalue weighted by atomic mass is 79.9. The molecule has 0 aliphatic heterocycles. The molecule has 0 spiro atoms. The van der Waals surface area contributed by atoms with Gasteiger partial charge in [0.05, 0.1) is 15.5 Å². The van der Waals surface area contributed by atoms with Gasteiger partial charge in [-0.2, -0.15) is 0 Å². The molecular formula is C27H29BrN4O6S. The summed E-state index contributed by atoms with van der Waals surface area (Å²) in [4.78, 5) is 38.7. The lowest BCUT2D eigenvalue weighted by atomic mass is 10.1. The van der Waals surface area contributed by atoms with Crippen LogP contribution in [-0.2, 0) is 26.2 Å². The molecule has 0 radical (unpaired) electrons. The Balaban J connectivity index is 2.04. The minimum absolute atomic E-state index is 0.0426. The number of amides is 2. The Bertz CT molecular complexity index is 1420. The number of anilines is 1. The van der Waals surface area contributed by atoms with Crippen LogP contribution in [-0.4, -0.2) is 49.2 Å². The van der Waals surface area contributed by atoms with Gasteiger partial charge in [-0.25, -0.2) is 8.42 Å². The van der Waals surface area contributed by atoms with E-state index in [1.165, 1.54) is 35.2 Å². The number of carbonyl (C=O) groups is 2. The normalized spacial score (nSPS) is 11.9. The minimum atomic E-state index is -4.31. The molecule has 0 saturated carbocycles. The van der Waals surface area contributed by atoms with Crippen molar-refractivity contribution < 1.29 is 22.9 Å². The zero-order valence-corrected chi connectivity index (χ0v) is 23.9. The Morgan fingerprint density at radius 3 is 2.31 bits per heavy atom. The molecule has 0 bridgehead atoms. The number of nitro groups is 1. The number of nitro benzene ring substituents is 1. The predicted octanol–water partition coefficient (Wildman–Crippen LogP) is 4.50. The van der Waals surface area contributed by atoms with Gasteiger partial charge in [-0.05, 0) is 49.2 Å². The van der Waals surface area contributed by atoms with E-state index in [1.54, 1.807) is 49.4 Å². The molecule has 0 aliphatic carbocycles. The first kappa shape index (κ1) is 29.8. The fourth-order valence-electron chi connectivity index (χ4n) is 3.78. The van der Waals surface area contributed by atoms with E-state index in [0.29, 0.717) is 13.0 Å². The Kier molecular flexibility index (Phi) is 10.2. The third-order valence-electron chi connectivity index (χ3n) is 5.92. The number of nitrogens with one attached hydrogen (secondary N) is 1. The number of hydrogen-bond acceptors (Lipinski definition) is 6. The largest absolute Gasteiger partial charge is 0.354 e. The van der Waals surface area contributed by atoms with Crippen molar-refractivity contribution in [2.75, 3.05) is 17.4 Å². The van der Waals surface area contributed by atoms with Gasteiger partial charge in [-0.3, -0.25) is 24.0 Å². The van der Waals surface area contributed by atoms with Crippen LogP contribution in [0.25, 0.3) is 0 Å². The van der Waals surface area contributed by atoms with Gasteiger partial charge in [-0.15, -0.1) is 0 Å². The maximum atomic E-state index is 13.8. The number of non-ortho nitro benzene ring substituents is 1. The summed E-state index contributed by atoms with van der Waals surface area (Å²) in [5, 5.41) is 14.2. The van der Waals surface area contributed by atoms with Crippen molar-refractivity contribution >= 4 is 49.1 Å². The van der Waals surface area contributed by atoms with Crippen LogP contribution in [0.4, 0.5) is 11.4 Å². The highest BCUT2D eigenvalue weighted by Gasteiger charge is 2.33. The van der Waals surface area contributed by atoms with E-state index in [4.69, 9.17) is 0 Å². The molecule has 12 heteroatoms. The quantitative estimate of drug-likeness (QED) is 0.236. The predicted molar refractivity (Wildman–Crippen MR) is 152 cm³/mol. The van der Waals surface area contributed by atoms with Gasteiger partial charge in [-0.1, -0.05) is 59.3 Å². The summed E-state index contributed by atoms with van der Waals surface area (Å²) in [6, 6.07) is 18.8. The number of benzene rings is 3. The van der Waals surface area contributed by atoms with Crippen LogP contribution >= 0.6 is 15.9 Å². The van der Waals surface area contributed by atoms with E-state index >= 15 is 0 Å². The van der Waals surface area contributed by atoms with Crippen molar-refractivity contribution in [1.29, 1.82) is 0 Å². The standard InChI is InChI=1S/C27H29BrN4O6S/c1-3-16-29-27(34)20(2)30(18-21-12-14-22(28)15-13-21)26(33)19-31(23-8-7-9-24(17-23)32(35)36)39(37,38)25-10-5-4-6-11-25/h4-15,17,20H,3,16,18-19H2,1-2H3,(H,29,34)/t20-/m0/s1. The monoisotopic (exact) mass is 616 g/mol. The molecule has 2 amide bonds. The molecule has 0 fully saturated rings. The Morgan fingerprint density at radius 2 is 1.69 bits per heavy atom. The fourth-order valence-corrected chi connectivity index (χ4v) is 5.47. The first-order valence-corrected chi connectivity index (χ1v) is 14.4. The number of rotatable bonds is 12. The van der Waals surface area contributed by atoms with Crippen LogP contribution < -0.4 is 9.62 Å². The lowest BCUT2D eigenvalue weighted by Gasteiger charge is -2.32. The number of hydrogen-bond donors (Lipinski definition) is 1. The van der Waals surface area contributed by atoms with Gasteiger partial charge in [0.1, 0.15) is 12.6 Å².